The van der Waals surface area contributed by atoms with Gasteiger partial charge in [0.25, 0.3) is 10.0 Å². The standard InChI is InChI=1S/C14H16N2O3S2/c1-15-6-7-16(14-5-3-2-4-13(14)15)21(18,19)12-8-11(9-17)20-10-12/h2-5,8,10,17H,6-7,9H2,1H3. The first-order chi connectivity index (χ1) is 10.0. The van der Waals surface area contributed by atoms with Gasteiger partial charge < -0.3 is 10.0 Å². The van der Waals surface area contributed by atoms with E-state index >= 15 is 0 Å². The van der Waals surface area contributed by atoms with Gasteiger partial charge in [0.05, 0.1) is 29.4 Å². The van der Waals surface area contributed by atoms with Crippen LogP contribution in [-0.2, 0) is 16.6 Å². The van der Waals surface area contributed by atoms with Gasteiger partial charge in [-0.3, -0.25) is 4.31 Å². The van der Waals surface area contributed by atoms with E-state index in [2.05, 4.69) is 0 Å². The molecular formula is C14H16N2O3S2. The summed E-state index contributed by atoms with van der Waals surface area (Å²) in [6.07, 6.45) is 0. The van der Waals surface area contributed by atoms with Crippen molar-refractivity contribution < 1.29 is 13.5 Å². The molecule has 21 heavy (non-hydrogen) atoms. The first kappa shape index (κ1) is 14.4. The molecule has 112 valence electrons. The molecule has 0 saturated carbocycles. The maximum atomic E-state index is 12.8. The summed E-state index contributed by atoms with van der Waals surface area (Å²) in [7, 11) is -1.63. The molecule has 0 amide bonds. The van der Waals surface area contributed by atoms with Crippen LogP contribution in [0.15, 0.2) is 40.6 Å². The van der Waals surface area contributed by atoms with Crippen LogP contribution >= 0.6 is 11.3 Å². The average molecular weight is 324 g/mol. The number of aliphatic hydroxyl groups excluding tert-OH is 1. The number of sulfonamides is 1. The fourth-order valence-corrected chi connectivity index (χ4v) is 5.03. The average Bonchev–Trinajstić information content (AvgIpc) is 2.97. The predicted octanol–water partition coefficient (Wildman–Crippen LogP) is 1.89. The summed E-state index contributed by atoms with van der Waals surface area (Å²) in [5.41, 5.74) is 1.60. The lowest BCUT2D eigenvalue weighted by molar-refractivity contribution is 0.285. The van der Waals surface area contributed by atoms with Crippen molar-refractivity contribution in [2.75, 3.05) is 29.3 Å². The zero-order valence-electron chi connectivity index (χ0n) is 11.6. The number of hydrogen-bond donors (Lipinski definition) is 1. The van der Waals surface area contributed by atoms with Crippen LogP contribution in [0.3, 0.4) is 0 Å². The summed E-state index contributed by atoms with van der Waals surface area (Å²) < 4.78 is 27.1. The Morgan fingerprint density at radius 3 is 2.62 bits per heavy atom. The molecular weight excluding hydrogens is 308 g/mol. The fourth-order valence-electron chi connectivity index (χ4n) is 2.44. The molecule has 7 heteroatoms. The number of likely N-dealkylation sites (N-methyl/N-ethyl adjacent to an activating group) is 1. The highest BCUT2D eigenvalue weighted by Gasteiger charge is 2.31. The van der Waals surface area contributed by atoms with E-state index in [-0.39, 0.29) is 11.5 Å². The molecule has 0 bridgehead atoms. The molecule has 1 N–H and O–H groups in total. The Balaban J connectivity index is 2.06. The van der Waals surface area contributed by atoms with Crippen molar-refractivity contribution in [1.82, 2.24) is 0 Å². The fraction of sp³-hybridized carbons (Fsp3) is 0.286. The molecule has 1 aliphatic rings. The molecule has 0 fully saturated rings. The van der Waals surface area contributed by atoms with Crippen molar-refractivity contribution in [1.29, 1.82) is 0 Å². The van der Waals surface area contributed by atoms with Crippen LogP contribution in [-0.4, -0.2) is 33.7 Å². The highest BCUT2D eigenvalue weighted by molar-refractivity contribution is 7.93. The molecule has 0 unspecified atom stereocenters. The van der Waals surface area contributed by atoms with E-state index in [1.54, 1.807) is 11.4 Å². The highest BCUT2D eigenvalue weighted by Crippen LogP contribution is 2.36. The number of benzene rings is 1. The number of hydrogen-bond acceptors (Lipinski definition) is 5. The van der Waals surface area contributed by atoms with Gasteiger partial charge in [0, 0.05) is 23.8 Å². The van der Waals surface area contributed by atoms with Gasteiger partial charge in [-0.2, -0.15) is 0 Å². The number of rotatable bonds is 3. The Kier molecular flexibility index (Phi) is 3.64. The van der Waals surface area contributed by atoms with E-state index in [1.807, 2.05) is 36.2 Å². The molecule has 1 aromatic carbocycles. The van der Waals surface area contributed by atoms with E-state index in [9.17, 15) is 8.42 Å². The molecule has 0 saturated heterocycles. The molecule has 0 spiro atoms. The molecule has 1 aliphatic heterocycles. The quantitative estimate of drug-likeness (QED) is 0.936. The van der Waals surface area contributed by atoms with Crippen LogP contribution in [0.4, 0.5) is 11.4 Å². The minimum absolute atomic E-state index is 0.139. The van der Waals surface area contributed by atoms with Gasteiger partial charge in [0.2, 0.25) is 0 Å². The van der Waals surface area contributed by atoms with Crippen molar-refractivity contribution in [2.24, 2.45) is 0 Å². The van der Waals surface area contributed by atoms with Gasteiger partial charge in [0.15, 0.2) is 0 Å². The van der Waals surface area contributed by atoms with Gasteiger partial charge in [-0.1, -0.05) is 12.1 Å². The molecule has 0 radical (unpaired) electrons. The van der Waals surface area contributed by atoms with Gasteiger partial charge in [-0.05, 0) is 18.2 Å². The van der Waals surface area contributed by atoms with Crippen LogP contribution in [0.25, 0.3) is 0 Å². The van der Waals surface area contributed by atoms with E-state index in [0.29, 0.717) is 23.7 Å². The Labute approximate surface area is 128 Å². The maximum absolute atomic E-state index is 12.8. The summed E-state index contributed by atoms with van der Waals surface area (Å²) in [5, 5.41) is 10.7. The SMILES string of the molecule is CN1CCN(S(=O)(=O)c2csc(CO)c2)c2ccccc21. The van der Waals surface area contributed by atoms with Crippen molar-refractivity contribution in [3.8, 4) is 0 Å². The highest BCUT2D eigenvalue weighted by atomic mass is 32.2. The molecule has 2 aromatic rings. The lowest BCUT2D eigenvalue weighted by Crippen LogP contribution is -2.42. The number of aliphatic hydroxyl groups is 1. The van der Waals surface area contributed by atoms with Crippen molar-refractivity contribution in [2.45, 2.75) is 11.5 Å². The van der Waals surface area contributed by atoms with E-state index < -0.39 is 10.0 Å². The van der Waals surface area contributed by atoms with Crippen LogP contribution < -0.4 is 9.21 Å². The minimum Gasteiger partial charge on any atom is -0.391 e. The molecule has 0 atom stereocenters. The zero-order valence-corrected chi connectivity index (χ0v) is 13.2. The number of thiophene rings is 1. The van der Waals surface area contributed by atoms with E-state index in [0.717, 1.165) is 5.69 Å². The largest absolute Gasteiger partial charge is 0.391 e. The van der Waals surface area contributed by atoms with Gasteiger partial charge in [-0.25, -0.2) is 8.42 Å². The lowest BCUT2D eigenvalue weighted by Gasteiger charge is -2.35. The van der Waals surface area contributed by atoms with Crippen LogP contribution in [0, 0.1) is 0 Å². The normalized spacial score (nSPS) is 15.1. The smallest absolute Gasteiger partial charge is 0.265 e. The lowest BCUT2D eigenvalue weighted by atomic mass is 10.2. The predicted molar refractivity (Wildman–Crippen MR) is 84.5 cm³/mol. The number of nitrogens with zero attached hydrogens (tertiary/aromatic N) is 2. The second kappa shape index (κ2) is 5.32. The Hall–Kier alpha value is -1.57. The first-order valence-electron chi connectivity index (χ1n) is 6.55. The zero-order chi connectivity index (χ0) is 15.0. The molecule has 3 rings (SSSR count). The van der Waals surface area contributed by atoms with Gasteiger partial charge >= 0.3 is 0 Å². The van der Waals surface area contributed by atoms with Crippen LogP contribution in [0.2, 0.25) is 0 Å². The Morgan fingerprint density at radius 2 is 1.95 bits per heavy atom. The minimum atomic E-state index is -3.58. The summed E-state index contributed by atoms with van der Waals surface area (Å²) >= 11 is 1.26. The van der Waals surface area contributed by atoms with Crippen molar-refractivity contribution >= 4 is 32.7 Å². The summed E-state index contributed by atoms with van der Waals surface area (Å²) in [6, 6.07) is 9.03. The van der Waals surface area contributed by atoms with Crippen LogP contribution in [0.5, 0.6) is 0 Å². The molecule has 2 heterocycles. The van der Waals surface area contributed by atoms with Crippen LogP contribution in [0.1, 0.15) is 4.88 Å². The van der Waals surface area contributed by atoms with E-state index in [4.69, 9.17) is 5.11 Å². The van der Waals surface area contributed by atoms with Gasteiger partial charge in [0.1, 0.15) is 0 Å². The topological polar surface area (TPSA) is 60.9 Å². The van der Waals surface area contributed by atoms with Gasteiger partial charge in [-0.15, -0.1) is 11.3 Å². The third-order valence-electron chi connectivity index (χ3n) is 3.57. The monoisotopic (exact) mass is 324 g/mol. The molecule has 0 aliphatic carbocycles. The summed E-state index contributed by atoms with van der Waals surface area (Å²) in [6.45, 7) is 0.924. The van der Waals surface area contributed by atoms with Crippen molar-refractivity contribution in [3.63, 3.8) is 0 Å². The number of para-hydroxylation sites is 2. The Morgan fingerprint density at radius 1 is 1.24 bits per heavy atom. The van der Waals surface area contributed by atoms with E-state index in [1.165, 1.54) is 15.6 Å². The summed E-state index contributed by atoms with van der Waals surface area (Å²) in [5.74, 6) is 0. The molecule has 5 nitrogen and oxygen atoms in total. The van der Waals surface area contributed by atoms with Crippen molar-refractivity contribution in [3.05, 3.63) is 40.6 Å². The third kappa shape index (κ3) is 2.41. The maximum Gasteiger partial charge on any atom is 0.265 e. The second-order valence-electron chi connectivity index (χ2n) is 4.89. The Bertz CT molecular complexity index is 755. The number of fused-ring (bicyclic) bond motifs is 1. The summed E-state index contributed by atoms with van der Waals surface area (Å²) in [4.78, 5) is 2.94. The molecule has 1 aromatic heterocycles. The number of anilines is 2. The first-order valence-corrected chi connectivity index (χ1v) is 8.87. The third-order valence-corrected chi connectivity index (χ3v) is 6.44. The second-order valence-corrected chi connectivity index (χ2v) is 7.75.